The molecule has 0 aliphatic heterocycles. The van der Waals surface area contributed by atoms with Crippen LogP contribution in [0.1, 0.15) is 37.8 Å². The number of nitrogens with one attached hydrogen (secondary N) is 2. The van der Waals surface area contributed by atoms with Gasteiger partial charge in [-0.15, -0.1) is 0 Å². The van der Waals surface area contributed by atoms with Crippen molar-refractivity contribution in [2.45, 2.75) is 33.6 Å². The minimum absolute atomic E-state index is 0.195. The van der Waals surface area contributed by atoms with E-state index in [1.165, 1.54) is 6.92 Å². The van der Waals surface area contributed by atoms with E-state index < -0.39 is 0 Å². The minimum Gasteiger partial charge on any atom is -0.494 e. The number of benzene rings is 2. The third-order valence-electron chi connectivity index (χ3n) is 3.92. The molecular formula is C22H26N2O3. The van der Waals surface area contributed by atoms with Gasteiger partial charge < -0.3 is 15.4 Å². The second-order valence-corrected chi connectivity index (χ2v) is 6.28. The number of hydrogen-bond donors (Lipinski definition) is 2. The van der Waals surface area contributed by atoms with E-state index in [4.69, 9.17) is 4.74 Å². The van der Waals surface area contributed by atoms with Crippen LogP contribution in [0.25, 0.3) is 6.08 Å². The zero-order valence-electron chi connectivity index (χ0n) is 16.0. The van der Waals surface area contributed by atoms with Gasteiger partial charge in [0, 0.05) is 12.6 Å². The summed E-state index contributed by atoms with van der Waals surface area (Å²) in [5, 5.41) is 5.41. The molecule has 27 heavy (non-hydrogen) atoms. The number of amides is 2. The highest BCUT2D eigenvalue weighted by molar-refractivity contribution is 6.08. The highest BCUT2D eigenvalue weighted by Gasteiger charge is 2.12. The predicted octanol–water partition coefficient (Wildman–Crippen LogP) is 4.29. The van der Waals surface area contributed by atoms with Gasteiger partial charge in [0.1, 0.15) is 11.4 Å². The summed E-state index contributed by atoms with van der Waals surface area (Å²) < 4.78 is 5.62. The summed E-state index contributed by atoms with van der Waals surface area (Å²) in [6.45, 7) is 6.11. The second kappa shape index (κ2) is 10.2. The number of carbonyl (C=O) groups excluding carboxylic acids is 2. The van der Waals surface area contributed by atoms with Crippen LogP contribution in [0.15, 0.2) is 54.2 Å². The van der Waals surface area contributed by atoms with Crippen LogP contribution in [0.4, 0.5) is 5.69 Å². The first-order chi connectivity index (χ1) is 13.0. The van der Waals surface area contributed by atoms with Crippen molar-refractivity contribution < 1.29 is 14.3 Å². The number of unbranched alkanes of at least 4 members (excludes halogenated alkanes) is 1. The van der Waals surface area contributed by atoms with Crippen LogP contribution >= 0.6 is 0 Å². The van der Waals surface area contributed by atoms with Gasteiger partial charge in [0.25, 0.3) is 5.91 Å². The molecular weight excluding hydrogens is 340 g/mol. The van der Waals surface area contributed by atoms with E-state index in [1.807, 2.05) is 43.3 Å². The molecule has 5 heteroatoms. The minimum atomic E-state index is -0.381. The van der Waals surface area contributed by atoms with Crippen LogP contribution in [0.2, 0.25) is 0 Å². The van der Waals surface area contributed by atoms with Crippen LogP contribution in [0.3, 0.4) is 0 Å². The Hall–Kier alpha value is -3.08. The lowest BCUT2D eigenvalue weighted by Crippen LogP contribution is -2.29. The average Bonchev–Trinajstić information content (AvgIpc) is 2.64. The molecule has 142 valence electrons. The molecule has 0 bridgehead atoms. The zero-order chi connectivity index (χ0) is 19.6. The number of carbonyl (C=O) groups is 2. The van der Waals surface area contributed by atoms with Crippen molar-refractivity contribution in [3.05, 3.63) is 65.4 Å². The van der Waals surface area contributed by atoms with E-state index in [-0.39, 0.29) is 17.5 Å². The van der Waals surface area contributed by atoms with E-state index in [9.17, 15) is 9.59 Å². The third-order valence-corrected chi connectivity index (χ3v) is 3.92. The van der Waals surface area contributed by atoms with Crippen LogP contribution in [-0.2, 0) is 9.59 Å². The first kappa shape index (κ1) is 20.2. The fourth-order valence-corrected chi connectivity index (χ4v) is 2.42. The van der Waals surface area contributed by atoms with Crippen LogP contribution in [-0.4, -0.2) is 18.4 Å². The maximum atomic E-state index is 12.6. The SMILES string of the molecule is CCCCOc1ccc(NC(=O)/C(=C/c2ccccc2C)NC(C)=O)cc1. The van der Waals surface area contributed by atoms with Crippen molar-refractivity contribution in [2.24, 2.45) is 0 Å². The maximum Gasteiger partial charge on any atom is 0.272 e. The Kier molecular flexibility index (Phi) is 7.62. The molecule has 2 aromatic carbocycles. The standard InChI is InChI=1S/C22H26N2O3/c1-4-5-14-27-20-12-10-19(11-13-20)24-22(26)21(23-17(3)25)15-18-9-7-6-8-16(18)2/h6-13,15H,4-5,14H2,1-3H3,(H,23,25)(H,24,26)/b21-15-. The molecule has 0 spiro atoms. The molecule has 2 N–H and O–H groups in total. The maximum absolute atomic E-state index is 12.6. The number of ether oxygens (including phenoxy) is 1. The Morgan fingerprint density at radius 1 is 1.07 bits per heavy atom. The molecule has 5 nitrogen and oxygen atoms in total. The van der Waals surface area contributed by atoms with E-state index in [0.717, 1.165) is 29.7 Å². The van der Waals surface area contributed by atoms with Gasteiger partial charge in [-0.05, 0) is 54.8 Å². The molecule has 0 aliphatic rings. The van der Waals surface area contributed by atoms with Gasteiger partial charge in [0.05, 0.1) is 6.61 Å². The fraction of sp³-hybridized carbons (Fsp3) is 0.273. The summed E-state index contributed by atoms with van der Waals surface area (Å²) in [7, 11) is 0. The van der Waals surface area contributed by atoms with Crippen molar-refractivity contribution in [3.8, 4) is 5.75 Å². The number of rotatable bonds is 8. The second-order valence-electron chi connectivity index (χ2n) is 6.28. The van der Waals surface area contributed by atoms with Crippen LogP contribution in [0, 0.1) is 6.92 Å². The van der Waals surface area contributed by atoms with E-state index in [0.29, 0.717) is 12.3 Å². The van der Waals surface area contributed by atoms with E-state index in [1.54, 1.807) is 18.2 Å². The monoisotopic (exact) mass is 366 g/mol. The molecule has 0 aliphatic carbocycles. The van der Waals surface area contributed by atoms with Gasteiger partial charge in [-0.3, -0.25) is 9.59 Å². The van der Waals surface area contributed by atoms with Crippen molar-refractivity contribution in [1.29, 1.82) is 0 Å². The Bertz CT molecular complexity index is 811. The Balaban J connectivity index is 2.12. The fourth-order valence-electron chi connectivity index (χ4n) is 2.42. The Morgan fingerprint density at radius 3 is 2.41 bits per heavy atom. The molecule has 0 aromatic heterocycles. The van der Waals surface area contributed by atoms with Crippen LogP contribution in [0.5, 0.6) is 5.75 Å². The third kappa shape index (κ3) is 6.62. The lowest BCUT2D eigenvalue weighted by Gasteiger charge is -2.11. The number of anilines is 1. The van der Waals surface area contributed by atoms with Crippen LogP contribution < -0.4 is 15.4 Å². The quantitative estimate of drug-likeness (QED) is 0.541. The molecule has 0 saturated carbocycles. The first-order valence-corrected chi connectivity index (χ1v) is 9.08. The Morgan fingerprint density at radius 2 is 1.78 bits per heavy atom. The summed E-state index contributed by atoms with van der Waals surface area (Å²) >= 11 is 0. The molecule has 2 amide bonds. The van der Waals surface area contributed by atoms with Crippen molar-refractivity contribution in [2.75, 3.05) is 11.9 Å². The first-order valence-electron chi connectivity index (χ1n) is 9.08. The summed E-state index contributed by atoms with van der Waals surface area (Å²) in [5.41, 5.74) is 2.71. The largest absolute Gasteiger partial charge is 0.494 e. The van der Waals surface area contributed by atoms with Gasteiger partial charge in [0.15, 0.2) is 0 Å². The number of hydrogen-bond acceptors (Lipinski definition) is 3. The van der Waals surface area contributed by atoms with Gasteiger partial charge in [-0.25, -0.2) is 0 Å². The highest BCUT2D eigenvalue weighted by Crippen LogP contribution is 2.17. The normalized spacial score (nSPS) is 11.0. The van der Waals surface area contributed by atoms with Gasteiger partial charge in [0.2, 0.25) is 5.91 Å². The summed E-state index contributed by atoms with van der Waals surface area (Å²) in [5.74, 6) is 0.0803. The predicted molar refractivity (Wildman–Crippen MR) is 108 cm³/mol. The molecule has 2 rings (SSSR count). The molecule has 0 atom stereocenters. The highest BCUT2D eigenvalue weighted by atomic mass is 16.5. The molecule has 0 saturated heterocycles. The zero-order valence-corrected chi connectivity index (χ0v) is 16.0. The summed E-state index contributed by atoms with van der Waals surface area (Å²) in [6.07, 6.45) is 3.75. The lowest BCUT2D eigenvalue weighted by atomic mass is 10.1. The van der Waals surface area contributed by atoms with Crippen molar-refractivity contribution in [3.63, 3.8) is 0 Å². The molecule has 0 fully saturated rings. The van der Waals surface area contributed by atoms with E-state index >= 15 is 0 Å². The van der Waals surface area contributed by atoms with E-state index in [2.05, 4.69) is 17.6 Å². The topological polar surface area (TPSA) is 67.4 Å². The number of aryl methyl sites for hydroxylation is 1. The molecule has 0 unspecified atom stereocenters. The molecule has 2 aromatic rings. The van der Waals surface area contributed by atoms with Crippen molar-refractivity contribution in [1.82, 2.24) is 5.32 Å². The van der Waals surface area contributed by atoms with Crippen molar-refractivity contribution >= 4 is 23.6 Å². The Labute approximate surface area is 160 Å². The lowest BCUT2D eigenvalue weighted by molar-refractivity contribution is -0.120. The van der Waals surface area contributed by atoms with Gasteiger partial charge in [-0.2, -0.15) is 0 Å². The average molecular weight is 366 g/mol. The van der Waals surface area contributed by atoms with Gasteiger partial charge in [-0.1, -0.05) is 37.6 Å². The smallest absolute Gasteiger partial charge is 0.272 e. The molecule has 0 heterocycles. The summed E-state index contributed by atoms with van der Waals surface area (Å²) in [6, 6.07) is 14.8. The summed E-state index contributed by atoms with van der Waals surface area (Å²) in [4.78, 5) is 24.1. The molecule has 0 radical (unpaired) electrons. The van der Waals surface area contributed by atoms with Gasteiger partial charge >= 0.3 is 0 Å².